The van der Waals surface area contributed by atoms with Crippen LogP contribution in [0.15, 0.2) is 41.7 Å². The van der Waals surface area contributed by atoms with E-state index < -0.39 is 17.4 Å². The molecule has 2 aromatic heterocycles. The predicted octanol–water partition coefficient (Wildman–Crippen LogP) is 5.87. The SMILES string of the molecule is CC1(C)CN=C(Nc2cc(F)c(Oc3ccnc4[nH]cc(C5=CCC(C(=O)N6CCC6)CC5)c34)c(F)c2)OC1. The van der Waals surface area contributed by atoms with Gasteiger partial charge in [0.2, 0.25) is 5.91 Å². The van der Waals surface area contributed by atoms with Crippen molar-refractivity contribution in [3.8, 4) is 11.5 Å². The third kappa shape index (κ3) is 5.07. The molecular formula is C29H31F2N5O3. The minimum atomic E-state index is -0.861. The molecule has 0 bridgehead atoms. The Morgan fingerprint density at radius 3 is 2.69 bits per heavy atom. The third-order valence-electron chi connectivity index (χ3n) is 7.52. The Kier molecular flexibility index (Phi) is 6.48. The first kappa shape index (κ1) is 25.3. The second-order valence-corrected chi connectivity index (χ2v) is 11.2. The van der Waals surface area contributed by atoms with Crippen molar-refractivity contribution >= 4 is 34.2 Å². The van der Waals surface area contributed by atoms with Gasteiger partial charge in [0.1, 0.15) is 11.4 Å². The fourth-order valence-electron chi connectivity index (χ4n) is 5.14. The quantitative estimate of drug-likeness (QED) is 0.426. The summed E-state index contributed by atoms with van der Waals surface area (Å²) in [5, 5.41) is 3.48. The van der Waals surface area contributed by atoms with E-state index in [2.05, 4.69) is 26.4 Å². The average Bonchev–Trinajstić information content (AvgIpc) is 3.32. The first-order valence-corrected chi connectivity index (χ1v) is 13.3. The van der Waals surface area contributed by atoms with Crippen LogP contribution in [0.2, 0.25) is 0 Å². The molecule has 8 nitrogen and oxygen atoms in total. The van der Waals surface area contributed by atoms with Crippen LogP contribution in [0, 0.1) is 23.0 Å². The zero-order valence-corrected chi connectivity index (χ0v) is 22.0. The van der Waals surface area contributed by atoms with Gasteiger partial charge in [-0.25, -0.2) is 18.8 Å². The second kappa shape index (κ2) is 9.98. The van der Waals surface area contributed by atoms with Crippen molar-refractivity contribution in [2.24, 2.45) is 16.3 Å². The minimum absolute atomic E-state index is 0.000111. The molecule has 6 rings (SSSR count). The maximum atomic E-state index is 15.1. The molecule has 0 spiro atoms. The number of rotatable bonds is 5. The number of hydrogen-bond acceptors (Lipinski definition) is 6. The molecule has 0 radical (unpaired) electrons. The number of amidine groups is 1. The fraction of sp³-hybridized carbons (Fsp3) is 0.414. The molecule has 1 fully saturated rings. The van der Waals surface area contributed by atoms with Crippen LogP contribution in [-0.2, 0) is 9.53 Å². The summed E-state index contributed by atoms with van der Waals surface area (Å²) in [5.41, 5.74) is 2.55. The number of hydrogen-bond donors (Lipinski definition) is 2. The highest BCUT2D eigenvalue weighted by Gasteiger charge is 2.30. The topological polar surface area (TPSA) is 91.8 Å². The molecule has 0 saturated carbocycles. The zero-order valence-electron chi connectivity index (χ0n) is 22.0. The number of H-pyrrole nitrogens is 1. The van der Waals surface area contributed by atoms with Crippen LogP contribution in [0.25, 0.3) is 16.6 Å². The lowest BCUT2D eigenvalue weighted by Crippen LogP contribution is -2.45. The van der Waals surface area contributed by atoms with E-state index in [4.69, 9.17) is 9.47 Å². The molecular weight excluding hydrogens is 504 g/mol. The van der Waals surface area contributed by atoms with Crippen molar-refractivity contribution in [2.75, 3.05) is 31.6 Å². The summed E-state index contributed by atoms with van der Waals surface area (Å²) in [6.45, 7) is 6.76. The molecule has 2 aliphatic heterocycles. The number of aromatic amines is 1. The number of nitrogens with zero attached hydrogens (tertiary/aromatic N) is 3. The summed E-state index contributed by atoms with van der Waals surface area (Å²) in [7, 11) is 0. The lowest BCUT2D eigenvalue weighted by Gasteiger charge is -2.35. The number of aliphatic imine (C=N–C) groups is 1. The third-order valence-corrected chi connectivity index (χ3v) is 7.52. The van der Waals surface area contributed by atoms with E-state index in [9.17, 15) is 4.79 Å². The summed E-state index contributed by atoms with van der Waals surface area (Å²) in [6, 6.07) is 4.12. The van der Waals surface area contributed by atoms with Gasteiger partial charge >= 0.3 is 0 Å². The molecule has 1 amide bonds. The number of ether oxygens (including phenoxy) is 2. The van der Waals surface area contributed by atoms with Crippen molar-refractivity contribution in [1.82, 2.24) is 14.9 Å². The molecule has 1 unspecified atom stereocenters. The highest BCUT2D eigenvalue weighted by atomic mass is 19.1. The molecule has 1 aliphatic carbocycles. The summed E-state index contributed by atoms with van der Waals surface area (Å²) >= 11 is 0. The van der Waals surface area contributed by atoms with Gasteiger partial charge in [-0.15, -0.1) is 0 Å². The van der Waals surface area contributed by atoms with Gasteiger partial charge in [0, 0.05) is 60.2 Å². The fourth-order valence-corrected chi connectivity index (χ4v) is 5.14. The number of carbonyl (C=O) groups excluding carboxylic acids is 1. The predicted molar refractivity (Wildman–Crippen MR) is 145 cm³/mol. The number of pyridine rings is 1. The van der Waals surface area contributed by atoms with E-state index in [1.165, 1.54) is 6.20 Å². The van der Waals surface area contributed by atoms with Gasteiger partial charge in [-0.05, 0) is 37.3 Å². The van der Waals surface area contributed by atoms with Gasteiger partial charge in [-0.2, -0.15) is 0 Å². The molecule has 4 heterocycles. The van der Waals surface area contributed by atoms with E-state index in [-0.39, 0.29) is 34.7 Å². The Morgan fingerprint density at radius 1 is 1.26 bits per heavy atom. The van der Waals surface area contributed by atoms with Gasteiger partial charge in [0.05, 0.1) is 18.5 Å². The Morgan fingerprint density at radius 2 is 2.05 bits per heavy atom. The van der Waals surface area contributed by atoms with E-state index in [1.807, 2.05) is 24.9 Å². The largest absolute Gasteiger partial charge is 0.464 e. The second-order valence-electron chi connectivity index (χ2n) is 11.2. The number of likely N-dealkylation sites (tertiary alicyclic amines) is 1. The van der Waals surface area contributed by atoms with Gasteiger partial charge < -0.3 is 24.7 Å². The standard InChI is InChI=1S/C29H31F2N5O3/c1-29(2)15-34-28(38-16-29)35-19-12-21(30)25(22(31)13-19)39-23-8-9-32-26-24(23)20(14-33-26)17-4-6-18(7-5-17)27(37)36-10-3-11-36/h4,8-9,12-14,18H,3,5-7,10-11,15-16H2,1-2H3,(H,32,33)(H,34,35). The first-order chi connectivity index (χ1) is 18.8. The number of fused-ring (bicyclic) bond motifs is 1. The smallest absolute Gasteiger partial charge is 0.289 e. The van der Waals surface area contributed by atoms with Gasteiger partial charge in [0.25, 0.3) is 6.02 Å². The van der Waals surface area contributed by atoms with E-state index >= 15 is 8.78 Å². The number of amides is 1. The van der Waals surface area contributed by atoms with Gasteiger partial charge in [-0.1, -0.05) is 19.9 Å². The van der Waals surface area contributed by atoms with Gasteiger partial charge in [-0.3, -0.25) is 4.79 Å². The number of anilines is 1. The molecule has 1 saturated heterocycles. The lowest BCUT2D eigenvalue weighted by molar-refractivity contribution is -0.139. The van der Waals surface area contributed by atoms with Crippen LogP contribution in [0.1, 0.15) is 45.1 Å². The maximum Gasteiger partial charge on any atom is 0.289 e. The molecule has 1 aromatic carbocycles. The number of benzene rings is 1. The van der Waals surface area contributed by atoms with Gasteiger partial charge in [0.15, 0.2) is 17.4 Å². The number of halogens is 2. The minimum Gasteiger partial charge on any atom is -0.464 e. The Labute approximate surface area is 225 Å². The Hall–Kier alpha value is -3.95. The number of nitrogens with one attached hydrogen (secondary N) is 2. The zero-order chi connectivity index (χ0) is 27.1. The highest BCUT2D eigenvalue weighted by molar-refractivity contribution is 5.96. The normalized spacial score (nSPS) is 20.5. The van der Waals surface area contributed by atoms with Crippen LogP contribution in [0.5, 0.6) is 11.5 Å². The summed E-state index contributed by atoms with van der Waals surface area (Å²) in [6.07, 6.45) is 8.67. The van der Waals surface area contributed by atoms with Crippen molar-refractivity contribution < 1.29 is 23.0 Å². The lowest BCUT2D eigenvalue weighted by atomic mass is 9.85. The Bertz CT molecular complexity index is 1470. The molecule has 1 atom stereocenters. The van der Waals surface area contributed by atoms with Crippen LogP contribution >= 0.6 is 0 Å². The highest BCUT2D eigenvalue weighted by Crippen LogP contribution is 2.40. The van der Waals surface area contributed by atoms with Crippen molar-refractivity contribution in [1.29, 1.82) is 0 Å². The van der Waals surface area contributed by atoms with E-state index in [0.717, 1.165) is 55.6 Å². The molecule has 204 valence electrons. The molecule has 39 heavy (non-hydrogen) atoms. The number of aromatic nitrogens is 2. The average molecular weight is 536 g/mol. The van der Waals surface area contributed by atoms with Crippen molar-refractivity contribution in [3.63, 3.8) is 0 Å². The van der Waals surface area contributed by atoms with Crippen molar-refractivity contribution in [2.45, 2.75) is 39.5 Å². The molecule has 2 N–H and O–H groups in total. The number of allylic oxidation sites excluding steroid dienone is 2. The van der Waals surface area contributed by atoms with Crippen LogP contribution in [0.4, 0.5) is 14.5 Å². The van der Waals surface area contributed by atoms with E-state index in [1.54, 1.807) is 6.07 Å². The van der Waals surface area contributed by atoms with Crippen molar-refractivity contribution in [3.05, 3.63) is 53.9 Å². The summed E-state index contributed by atoms with van der Waals surface area (Å²) in [4.78, 5) is 26.4. The van der Waals surface area contributed by atoms with Crippen LogP contribution in [0.3, 0.4) is 0 Å². The summed E-state index contributed by atoms with van der Waals surface area (Å²) < 4.78 is 41.7. The van der Waals surface area contributed by atoms with Crippen LogP contribution in [-0.4, -0.2) is 53.0 Å². The monoisotopic (exact) mass is 535 g/mol. The first-order valence-electron chi connectivity index (χ1n) is 13.3. The molecule has 10 heteroatoms. The molecule has 3 aliphatic rings. The van der Waals surface area contributed by atoms with Crippen LogP contribution < -0.4 is 10.1 Å². The maximum absolute atomic E-state index is 15.1. The summed E-state index contributed by atoms with van der Waals surface area (Å²) in [5.74, 6) is -1.71. The molecule has 3 aromatic rings. The van der Waals surface area contributed by atoms with E-state index in [0.29, 0.717) is 30.6 Å². The number of carbonyl (C=O) groups is 1. The Balaban J connectivity index is 1.23.